The Morgan fingerprint density at radius 1 is 1.50 bits per heavy atom. The van der Waals surface area contributed by atoms with E-state index in [0.29, 0.717) is 6.61 Å². The molecule has 1 N–H and O–H groups in total. The van der Waals surface area contributed by atoms with Crippen LogP contribution in [0.3, 0.4) is 0 Å². The molecular formula is C13H18BrNO. The Hall–Kier alpha value is -0.380. The van der Waals surface area contributed by atoms with E-state index in [1.807, 2.05) is 0 Å². The lowest BCUT2D eigenvalue weighted by molar-refractivity contribution is 0.182. The first-order valence-electron chi connectivity index (χ1n) is 5.69. The van der Waals surface area contributed by atoms with Crippen LogP contribution in [-0.4, -0.2) is 13.7 Å². The van der Waals surface area contributed by atoms with Crippen molar-refractivity contribution < 1.29 is 4.74 Å². The molecule has 2 nitrogen and oxygen atoms in total. The Kier molecular flexibility index (Phi) is 3.67. The van der Waals surface area contributed by atoms with Gasteiger partial charge in [-0.3, -0.25) is 0 Å². The number of ether oxygens (including phenoxy) is 1. The van der Waals surface area contributed by atoms with Gasteiger partial charge in [0.25, 0.3) is 0 Å². The number of hydrogen-bond donors (Lipinski definition) is 1. The quantitative estimate of drug-likeness (QED) is 0.920. The van der Waals surface area contributed by atoms with Crippen molar-refractivity contribution in [3.05, 3.63) is 33.8 Å². The van der Waals surface area contributed by atoms with Crippen LogP contribution in [0, 0.1) is 0 Å². The highest BCUT2D eigenvalue weighted by Crippen LogP contribution is 2.37. The molecule has 1 fully saturated rings. The van der Waals surface area contributed by atoms with Crippen molar-refractivity contribution in [2.24, 2.45) is 0 Å². The van der Waals surface area contributed by atoms with Crippen LogP contribution in [0.25, 0.3) is 0 Å². The molecular weight excluding hydrogens is 266 g/mol. The summed E-state index contributed by atoms with van der Waals surface area (Å²) in [5.74, 6) is 0. The molecule has 1 aromatic carbocycles. The molecule has 1 aliphatic rings. The number of rotatable bonds is 3. The van der Waals surface area contributed by atoms with E-state index in [9.17, 15) is 0 Å². The molecule has 1 heterocycles. The first-order valence-corrected chi connectivity index (χ1v) is 6.48. The molecule has 3 heteroatoms. The second kappa shape index (κ2) is 4.86. The van der Waals surface area contributed by atoms with E-state index in [2.05, 4.69) is 46.4 Å². The minimum absolute atomic E-state index is 0.0912. The second-order valence-corrected chi connectivity index (χ2v) is 5.42. The van der Waals surface area contributed by atoms with Gasteiger partial charge in [-0.2, -0.15) is 0 Å². The Labute approximate surface area is 106 Å². The number of hydrogen-bond acceptors (Lipinski definition) is 2. The normalized spacial score (nSPS) is 24.9. The number of nitrogens with one attached hydrogen (secondary N) is 1. The van der Waals surface area contributed by atoms with E-state index in [0.717, 1.165) is 6.54 Å². The number of benzene rings is 1. The summed E-state index contributed by atoms with van der Waals surface area (Å²) in [5.41, 5.74) is 2.72. The first kappa shape index (κ1) is 12.1. The molecule has 1 aliphatic heterocycles. The van der Waals surface area contributed by atoms with Crippen LogP contribution in [0.1, 0.15) is 30.9 Å². The van der Waals surface area contributed by atoms with Gasteiger partial charge in [-0.05, 0) is 43.5 Å². The molecule has 1 unspecified atom stereocenters. The van der Waals surface area contributed by atoms with Crippen molar-refractivity contribution in [3.8, 4) is 0 Å². The predicted octanol–water partition coefficient (Wildman–Crippen LogP) is 3.19. The molecule has 0 saturated carbocycles. The maximum Gasteiger partial charge on any atom is 0.0716 e. The van der Waals surface area contributed by atoms with Gasteiger partial charge in [0.05, 0.1) is 6.61 Å². The molecule has 88 valence electrons. The van der Waals surface area contributed by atoms with Gasteiger partial charge in [-0.15, -0.1) is 0 Å². The molecule has 0 aromatic heterocycles. The summed E-state index contributed by atoms with van der Waals surface area (Å²) in [5, 5.41) is 3.60. The first-order chi connectivity index (χ1) is 7.67. The monoisotopic (exact) mass is 283 g/mol. The maximum atomic E-state index is 5.28. The fraction of sp³-hybridized carbons (Fsp3) is 0.538. The summed E-state index contributed by atoms with van der Waals surface area (Å²) in [6.45, 7) is 4.05. The van der Waals surface area contributed by atoms with Crippen LogP contribution in [0.5, 0.6) is 0 Å². The third kappa shape index (κ3) is 2.17. The van der Waals surface area contributed by atoms with Gasteiger partial charge in [0.15, 0.2) is 0 Å². The van der Waals surface area contributed by atoms with Gasteiger partial charge < -0.3 is 10.1 Å². The summed E-state index contributed by atoms with van der Waals surface area (Å²) in [4.78, 5) is 0. The topological polar surface area (TPSA) is 21.3 Å². The molecule has 0 amide bonds. The lowest BCUT2D eigenvalue weighted by Crippen LogP contribution is -2.34. The molecule has 0 spiro atoms. The minimum Gasteiger partial charge on any atom is -0.380 e. The van der Waals surface area contributed by atoms with Crippen molar-refractivity contribution in [2.45, 2.75) is 31.9 Å². The highest BCUT2D eigenvalue weighted by atomic mass is 79.9. The summed E-state index contributed by atoms with van der Waals surface area (Å²) in [6.07, 6.45) is 2.43. The zero-order chi connectivity index (χ0) is 11.6. The molecule has 0 aliphatic carbocycles. The largest absolute Gasteiger partial charge is 0.380 e. The average Bonchev–Trinajstić information content (AvgIpc) is 2.66. The lowest BCUT2D eigenvalue weighted by atomic mass is 9.87. The van der Waals surface area contributed by atoms with Gasteiger partial charge in [0, 0.05) is 17.1 Å². The Balaban J connectivity index is 2.44. The summed E-state index contributed by atoms with van der Waals surface area (Å²) >= 11 is 3.67. The van der Waals surface area contributed by atoms with Crippen molar-refractivity contribution in [1.82, 2.24) is 5.32 Å². The fourth-order valence-corrected chi connectivity index (χ4v) is 3.42. The van der Waals surface area contributed by atoms with Gasteiger partial charge in [0.1, 0.15) is 0 Å². The Morgan fingerprint density at radius 3 is 2.94 bits per heavy atom. The fourth-order valence-electron chi connectivity index (χ4n) is 2.57. The van der Waals surface area contributed by atoms with Gasteiger partial charge in [0.2, 0.25) is 0 Å². The van der Waals surface area contributed by atoms with Crippen LogP contribution in [0.4, 0.5) is 0 Å². The van der Waals surface area contributed by atoms with Crippen molar-refractivity contribution in [3.63, 3.8) is 0 Å². The van der Waals surface area contributed by atoms with E-state index in [-0.39, 0.29) is 5.54 Å². The number of halogens is 1. The predicted molar refractivity (Wildman–Crippen MR) is 69.4 cm³/mol. The molecule has 1 aromatic rings. The summed E-state index contributed by atoms with van der Waals surface area (Å²) in [7, 11) is 1.75. The van der Waals surface area contributed by atoms with Crippen molar-refractivity contribution in [1.29, 1.82) is 0 Å². The van der Waals surface area contributed by atoms with Crippen LogP contribution in [-0.2, 0) is 16.9 Å². The van der Waals surface area contributed by atoms with E-state index >= 15 is 0 Å². The van der Waals surface area contributed by atoms with Crippen molar-refractivity contribution >= 4 is 15.9 Å². The zero-order valence-electron chi connectivity index (χ0n) is 9.85. The average molecular weight is 284 g/mol. The van der Waals surface area contributed by atoms with Crippen molar-refractivity contribution in [2.75, 3.05) is 13.7 Å². The molecule has 16 heavy (non-hydrogen) atoms. The maximum absolute atomic E-state index is 5.28. The van der Waals surface area contributed by atoms with E-state index in [4.69, 9.17) is 4.74 Å². The Morgan fingerprint density at radius 2 is 2.31 bits per heavy atom. The van der Waals surface area contributed by atoms with Crippen LogP contribution < -0.4 is 5.32 Å². The number of methoxy groups -OCH3 is 1. The minimum atomic E-state index is 0.0912. The summed E-state index contributed by atoms with van der Waals surface area (Å²) in [6, 6.07) is 6.33. The molecule has 1 saturated heterocycles. The van der Waals surface area contributed by atoms with E-state index < -0.39 is 0 Å². The molecule has 0 radical (unpaired) electrons. The zero-order valence-corrected chi connectivity index (χ0v) is 11.4. The Bertz CT molecular complexity index is 372. The molecule has 1 atom stereocenters. The standard InChI is InChI=1S/C13H18BrNO/c1-13(7-4-8-15-13)12-10(9-16-2)5-3-6-11(12)14/h3,5-6,15H,4,7-9H2,1-2H3. The lowest BCUT2D eigenvalue weighted by Gasteiger charge is -2.29. The molecule has 0 bridgehead atoms. The molecule has 2 rings (SSSR count). The smallest absolute Gasteiger partial charge is 0.0716 e. The SMILES string of the molecule is COCc1cccc(Br)c1C1(C)CCCN1. The highest BCUT2D eigenvalue weighted by molar-refractivity contribution is 9.10. The van der Waals surface area contributed by atoms with Gasteiger partial charge in [-0.25, -0.2) is 0 Å². The second-order valence-electron chi connectivity index (χ2n) is 4.57. The van der Waals surface area contributed by atoms with Crippen LogP contribution >= 0.6 is 15.9 Å². The van der Waals surface area contributed by atoms with E-state index in [1.165, 1.54) is 28.4 Å². The highest BCUT2D eigenvalue weighted by Gasteiger charge is 2.33. The van der Waals surface area contributed by atoms with E-state index in [1.54, 1.807) is 7.11 Å². The third-order valence-corrected chi connectivity index (χ3v) is 3.98. The van der Waals surface area contributed by atoms with Crippen LogP contribution in [0.2, 0.25) is 0 Å². The summed E-state index contributed by atoms with van der Waals surface area (Å²) < 4.78 is 6.46. The van der Waals surface area contributed by atoms with Crippen LogP contribution in [0.15, 0.2) is 22.7 Å². The third-order valence-electron chi connectivity index (χ3n) is 3.32. The van der Waals surface area contributed by atoms with Gasteiger partial charge >= 0.3 is 0 Å². The van der Waals surface area contributed by atoms with Gasteiger partial charge in [-0.1, -0.05) is 28.1 Å².